The zero-order valence-electron chi connectivity index (χ0n) is 18.4. The van der Waals surface area contributed by atoms with E-state index in [-0.39, 0.29) is 16.7 Å². The lowest BCUT2D eigenvalue weighted by Crippen LogP contribution is -2.47. The Morgan fingerprint density at radius 2 is 1.67 bits per heavy atom. The molecule has 0 bridgehead atoms. The molecular formula is C23H31N3O3S. The van der Waals surface area contributed by atoms with Crippen LogP contribution >= 0.6 is 0 Å². The predicted octanol–water partition coefficient (Wildman–Crippen LogP) is 3.62. The maximum Gasteiger partial charge on any atom is 0.255 e. The number of benzene rings is 2. The third kappa shape index (κ3) is 4.58. The molecule has 0 atom stereocenters. The zero-order valence-corrected chi connectivity index (χ0v) is 19.2. The van der Waals surface area contributed by atoms with Crippen molar-refractivity contribution >= 4 is 21.6 Å². The molecule has 0 saturated carbocycles. The molecule has 2 aromatic rings. The van der Waals surface area contributed by atoms with Gasteiger partial charge >= 0.3 is 0 Å². The smallest absolute Gasteiger partial charge is 0.255 e. The minimum absolute atomic E-state index is 0.202. The van der Waals surface area contributed by atoms with Crippen molar-refractivity contribution in [2.45, 2.75) is 38.5 Å². The van der Waals surface area contributed by atoms with Gasteiger partial charge in [-0.3, -0.25) is 4.79 Å². The molecule has 1 aliphatic rings. The van der Waals surface area contributed by atoms with E-state index >= 15 is 0 Å². The van der Waals surface area contributed by atoms with E-state index in [0.29, 0.717) is 37.3 Å². The molecule has 0 aromatic heterocycles. The van der Waals surface area contributed by atoms with Crippen LogP contribution in [0, 0.1) is 13.8 Å². The molecule has 162 valence electrons. The lowest BCUT2D eigenvalue weighted by atomic mass is 9.98. The van der Waals surface area contributed by atoms with Crippen LogP contribution in [-0.4, -0.2) is 56.8 Å². The number of carbonyl (C=O) groups excluding carboxylic acids is 1. The summed E-state index contributed by atoms with van der Waals surface area (Å²) in [6.07, 6.45) is 0. The molecular weight excluding hydrogens is 398 g/mol. The molecule has 2 aromatic carbocycles. The van der Waals surface area contributed by atoms with E-state index < -0.39 is 10.0 Å². The molecule has 0 unspecified atom stereocenters. The van der Waals surface area contributed by atoms with Crippen molar-refractivity contribution in [3.63, 3.8) is 0 Å². The topological polar surface area (TPSA) is 69.7 Å². The number of hydrogen-bond acceptors (Lipinski definition) is 4. The Bertz CT molecular complexity index is 1040. The number of nitrogens with one attached hydrogen (secondary N) is 1. The normalized spacial score (nSPS) is 16.1. The van der Waals surface area contributed by atoms with Crippen molar-refractivity contribution in [2.24, 2.45) is 0 Å². The standard InChI is InChI=1S/C23H31N3O3S/c1-16(2)20-8-6-7-18(4)22(20)24-23(27)19-10-9-17(3)21(15-19)30(28,29)26-13-11-25(5)12-14-26/h6-10,15-16H,11-14H2,1-5H3,(H,24,27). The maximum atomic E-state index is 13.2. The fourth-order valence-electron chi connectivity index (χ4n) is 3.71. The van der Waals surface area contributed by atoms with Gasteiger partial charge in [-0.1, -0.05) is 38.1 Å². The molecule has 1 amide bonds. The minimum atomic E-state index is -3.65. The van der Waals surface area contributed by atoms with E-state index in [4.69, 9.17) is 0 Å². The summed E-state index contributed by atoms with van der Waals surface area (Å²) in [5.41, 5.74) is 3.81. The van der Waals surface area contributed by atoms with Crippen LogP contribution in [0.15, 0.2) is 41.3 Å². The number of hydrogen-bond donors (Lipinski definition) is 1. The van der Waals surface area contributed by atoms with Gasteiger partial charge in [-0.25, -0.2) is 8.42 Å². The van der Waals surface area contributed by atoms with E-state index in [9.17, 15) is 13.2 Å². The van der Waals surface area contributed by atoms with Crippen LogP contribution in [0.1, 0.15) is 46.8 Å². The predicted molar refractivity (Wildman–Crippen MR) is 121 cm³/mol. The van der Waals surface area contributed by atoms with E-state index in [1.807, 2.05) is 32.2 Å². The summed E-state index contributed by atoms with van der Waals surface area (Å²) in [6.45, 7) is 10.2. The summed E-state index contributed by atoms with van der Waals surface area (Å²) in [4.78, 5) is 15.3. The van der Waals surface area contributed by atoms with Gasteiger partial charge in [0.15, 0.2) is 0 Å². The second-order valence-corrected chi connectivity index (χ2v) is 10.2. The molecule has 7 heteroatoms. The zero-order chi connectivity index (χ0) is 22.1. The average Bonchev–Trinajstić information content (AvgIpc) is 2.69. The lowest BCUT2D eigenvalue weighted by Gasteiger charge is -2.32. The molecule has 3 rings (SSSR count). The van der Waals surface area contributed by atoms with Crippen LogP contribution in [0.4, 0.5) is 5.69 Å². The summed E-state index contributed by atoms with van der Waals surface area (Å²) in [5.74, 6) is -0.0487. The fourth-order valence-corrected chi connectivity index (χ4v) is 5.39. The fraction of sp³-hybridized carbons (Fsp3) is 0.435. The molecule has 30 heavy (non-hydrogen) atoms. The van der Waals surface area contributed by atoms with Gasteiger partial charge in [0.25, 0.3) is 5.91 Å². The van der Waals surface area contributed by atoms with E-state index in [2.05, 4.69) is 24.1 Å². The molecule has 1 heterocycles. The molecule has 0 radical (unpaired) electrons. The van der Waals surface area contributed by atoms with Gasteiger partial charge in [0.2, 0.25) is 10.0 Å². The number of amides is 1. The van der Waals surface area contributed by atoms with Gasteiger partial charge in [0.1, 0.15) is 0 Å². The number of anilines is 1. The van der Waals surface area contributed by atoms with Crippen molar-refractivity contribution in [1.29, 1.82) is 0 Å². The lowest BCUT2D eigenvalue weighted by molar-refractivity contribution is 0.102. The first-order chi connectivity index (χ1) is 14.1. The third-order valence-corrected chi connectivity index (χ3v) is 7.74. The third-order valence-electron chi connectivity index (χ3n) is 5.70. The van der Waals surface area contributed by atoms with Crippen molar-refractivity contribution in [3.05, 3.63) is 58.7 Å². The molecule has 1 saturated heterocycles. The summed E-state index contributed by atoms with van der Waals surface area (Å²) in [5, 5.41) is 3.01. The maximum absolute atomic E-state index is 13.2. The highest BCUT2D eigenvalue weighted by molar-refractivity contribution is 7.89. The van der Waals surface area contributed by atoms with E-state index in [1.165, 1.54) is 10.4 Å². The largest absolute Gasteiger partial charge is 0.321 e. The van der Waals surface area contributed by atoms with Crippen LogP contribution in [0.25, 0.3) is 0 Å². The number of likely N-dealkylation sites (N-methyl/N-ethyl adjacent to an activating group) is 1. The van der Waals surface area contributed by atoms with E-state index in [0.717, 1.165) is 16.8 Å². The van der Waals surface area contributed by atoms with Crippen LogP contribution in [0.2, 0.25) is 0 Å². The number of para-hydroxylation sites is 1. The highest BCUT2D eigenvalue weighted by Gasteiger charge is 2.29. The second-order valence-electron chi connectivity index (χ2n) is 8.34. The molecule has 1 fully saturated rings. The van der Waals surface area contributed by atoms with Crippen LogP contribution < -0.4 is 5.32 Å². The van der Waals surface area contributed by atoms with Gasteiger partial charge in [-0.15, -0.1) is 0 Å². The SMILES string of the molecule is Cc1ccc(C(=O)Nc2c(C)cccc2C(C)C)cc1S(=O)(=O)N1CCN(C)CC1. The number of carbonyl (C=O) groups is 1. The van der Waals surface area contributed by atoms with Gasteiger partial charge in [-0.05, 0) is 55.6 Å². The minimum Gasteiger partial charge on any atom is -0.321 e. The summed E-state index contributed by atoms with van der Waals surface area (Å²) < 4.78 is 28.0. The van der Waals surface area contributed by atoms with Crippen LogP contribution in [0.5, 0.6) is 0 Å². The molecule has 0 spiro atoms. The monoisotopic (exact) mass is 429 g/mol. The molecule has 6 nitrogen and oxygen atoms in total. The first-order valence-corrected chi connectivity index (χ1v) is 11.8. The van der Waals surface area contributed by atoms with Gasteiger partial charge < -0.3 is 10.2 Å². The Kier molecular flexibility index (Phi) is 6.65. The van der Waals surface area contributed by atoms with Crippen molar-refractivity contribution < 1.29 is 13.2 Å². The van der Waals surface area contributed by atoms with Crippen LogP contribution in [0.3, 0.4) is 0 Å². The van der Waals surface area contributed by atoms with Crippen LogP contribution in [-0.2, 0) is 10.0 Å². The Balaban J connectivity index is 1.91. The van der Waals surface area contributed by atoms with Crippen molar-refractivity contribution in [1.82, 2.24) is 9.21 Å². The Labute approximate surface area is 179 Å². The second kappa shape index (κ2) is 8.88. The molecule has 1 aliphatic heterocycles. The summed E-state index contributed by atoms with van der Waals surface area (Å²) >= 11 is 0. The Morgan fingerprint density at radius 1 is 1.00 bits per heavy atom. The number of piperazine rings is 1. The van der Waals surface area contributed by atoms with Gasteiger partial charge in [0.05, 0.1) is 4.90 Å². The van der Waals surface area contributed by atoms with E-state index in [1.54, 1.807) is 19.1 Å². The first-order valence-electron chi connectivity index (χ1n) is 10.3. The molecule has 1 N–H and O–H groups in total. The highest BCUT2D eigenvalue weighted by atomic mass is 32.2. The van der Waals surface area contributed by atoms with Gasteiger partial charge in [0, 0.05) is 37.4 Å². The highest BCUT2D eigenvalue weighted by Crippen LogP contribution is 2.28. The van der Waals surface area contributed by atoms with Crippen molar-refractivity contribution in [2.75, 3.05) is 38.5 Å². The summed E-state index contributed by atoms with van der Waals surface area (Å²) in [7, 11) is -1.66. The van der Waals surface area contributed by atoms with Crippen molar-refractivity contribution in [3.8, 4) is 0 Å². The average molecular weight is 430 g/mol. The van der Waals surface area contributed by atoms with Gasteiger partial charge in [-0.2, -0.15) is 4.31 Å². The first kappa shape index (κ1) is 22.5. The number of aryl methyl sites for hydroxylation is 2. The number of rotatable bonds is 5. The Hall–Kier alpha value is -2.22. The quantitative estimate of drug-likeness (QED) is 0.788. The Morgan fingerprint density at radius 3 is 2.30 bits per heavy atom. The molecule has 0 aliphatic carbocycles. The number of sulfonamides is 1. The summed E-state index contributed by atoms with van der Waals surface area (Å²) in [6, 6.07) is 10.8. The number of nitrogens with zero attached hydrogens (tertiary/aromatic N) is 2.